The van der Waals surface area contributed by atoms with Crippen LogP contribution in [0.1, 0.15) is 62.3 Å². The lowest BCUT2D eigenvalue weighted by molar-refractivity contribution is 0.0978. The number of benzene rings is 1. The van der Waals surface area contributed by atoms with Crippen molar-refractivity contribution in [2.24, 2.45) is 0 Å². The van der Waals surface area contributed by atoms with Gasteiger partial charge in [0.15, 0.2) is 0 Å². The summed E-state index contributed by atoms with van der Waals surface area (Å²) in [6.45, 7) is 11.8. The second-order valence-electron chi connectivity index (χ2n) is 7.52. The van der Waals surface area contributed by atoms with Crippen molar-refractivity contribution in [1.29, 1.82) is 0 Å². The van der Waals surface area contributed by atoms with Crippen LogP contribution >= 0.6 is 23.5 Å². The van der Waals surface area contributed by atoms with Crippen LogP contribution in [0.2, 0.25) is 0 Å². The van der Waals surface area contributed by atoms with Crippen LogP contribution in [0.4, 0.5) is 0 Å². The van der Waals surface area contributed by atoms with Gasteiger partial charge < -0.3 is 4.57 Å². The molecule has 2 unspecified atom stereocenters. The number of nitrogens with zero attached hydrogens (tertiary/aromatic N) is 1. The van der Waals surface area contributed by atoms with Crippen molar-refractivity contribution < 1.29 is 9.36 Å². The molecule has 1 aromatic heterocycles. The number of aryl methyl sites for hydroxylation is 1. The van der Waals surface area contributed by atoms with Crippen molar-refractivity contribution >= 4 is 29.4 Å². The van der Waals surface area contributed by atoms with Gasteiger partial charge in [0, 0.05) is 33.6 Å². The quantitative estimate of drug-likeness (QED) is 0.414. The molecule has 0 bridgehead atoms. The highest BCUT2D eigenvalue weighted by Gasteiger charge is 2.29. The van der Waals surface area contributed by atoms with Crippen LogP contribution in [0, 0.1) is 13.8 Å². The summed E-state index contributed by atoms with van der Waals surface area (Å²) >= 11 is 3.45. The van der Waals surface area contributed by atoms with Crippen molar-refractivity contribution in [3.05, 3.63) is 51.8 Å². The molecule has 0 aliphatic heterocycles. The number of carbonyl (C=O) groups excluding carboxylic acids is 1. The number of amides is 1. The van der Waals surface area contributed by atoms with Gasteiger partial charge in [-0.1, -0.05) is 29.8 Å². The first-order valence-corrected chi connectivity index (χ1v) is 12.5. The predicted octanol–water partition coefficient (Wildman–Crippen LogP) is 5.47. The number of carbonyl (C=O) groups is 1. The number of hydrogen-bond donors (Lipinski definition) is 3. The molecule has 3 N–H and O–H groups in total. The molecule has 0 aliphatic rings. The largest absolute Gasteiger partial charge is 0.318 e. The van der Waals surface area contributed by atoms with Crippen molar-refractivity contribution in [1.82, 2.24) is 19.8 Å². The second kappa shape index (κ2) is 10.1. The molecule has 160 valence electrons. The summed E-state index contributed by atoms with van der Waals surface area (Å²) in [4.78, 5) is 13.1. The highest BCUT2D eigenvalue weighted by atomic mass is 79.9. The molecule has 1 aromatic carbocycles. The molecule has 0 radical (unpaired) electrons. The Kier molecular flexibility index (Phi) is 8.29. The van der Waals surface area contributed by atoms with Gasteiger partial charge in [-0.15, -0.1) is 0 Å². The predicted molar refractivity (Wildman–Crippen MR) is 124 cm³/mol. The Hall–Kier alpha value is -1.40. The molecule has 0 spiro atoms. The fraction of sp³-hybridized carbons (Fsp3) is 0.476. The van der Waals surface area contributed by atoms with Crippen LogP contribution in [0.5, 0.6) is 0 Å². The van der Waals surface area contributed by atoms with Crippen molar-refractivity contribution in [2.75, 3.05) is 0 Å². The van der Waals surface area contributed by atoms with Crippen molar-refractivity contribution in [3.63, 3.8) is 0 Å². The summed E-state index contributed by atoms with van der Waals surface area (Å²) in [5, 5.41) is 8.93. The zero-order valence-electron chi connectivity index (χ0n) is 18.0. The topological polar surface area (TPSA) is 75.2 Å². The van der Waals surface area contributed by atoms with Gasteiger partial charge >= 0.3 is 7.59 Å². The monoisotopic (exact) mass is 482 g/mol. The summed E-state index contributed by atoms with van der Waals surface area (Å²) < 4.78 is 16.5. The maximum atomic E-state index is 13.5. The molecule has 0 aliphatic carbocycles. The van der Waals surface area contributed by atoms with Gasteiger partial charge in [0.05, 0.1) is 5.56 Å². The molecule has 29 heavy (non-hydrogen) atoms. The molecule has 1 amide bonds. The minimum absolute atomic E-state index is 0.00730. The first-order valence-electron chi connectivity index (χ1n) is 10.0. The van der Waals surface area contributed by atoms with E-state index in [2.05, 4.69) is 31.2 Å². The van der Waals surface area contributed by atoms with Gasteiger partial charge in [-0.2, -0.15) is 0 Å². The number of rotatable bonds is 9. The average molecular weight is 483 g/mol. The van der Waals surface area contributed by atoms with Gasteiger partial charge in [-0.25, -0.2) is 10.2 Å². The van der Waals surface area contributed by atoms with Crippen LogP contribution in [-0.2, 0) is 4.57 Å². The Labute approximate surface area is 182 Å². The molecule has 1 heterocycles. The summed E-state index contributed by atoms with van der Waals surface area (Å²) in [5.74, 6) is -0.351. The smallest absolute Gasteiger partial charge is 0.306 e. The average Bonchev–Trinajstić information content (AvgIpc) is 2.96. The van der Waals surface area contributed by atoms with Crippen LogP contribution in [0.25, 0.3) is 5.69 Å². The van der Waals surface area contributed by atoms with E-state index in [4.69, 9.17) is 0 Å². The molecule has 2 atom stereocenters. The van der Waals surface area contributed by atoms with E-state index in [1.165, 1.54) is 0 Å². The van der Waals surface area contributed by atoms with Crippen molar-refractivity contribution in [3.8, 4) is 5.69 Å². The summed E-state index contributed by atoms with van der Waals surface area (Å²) in [5.41, 5.74) is 3.24. The van der Waals surface area contributed by atoms with Crippen LogP contribution in [0.3, 0.4) is 0 Å². The van der Waals surface area contributed by atoms with E-state index in [0.29, 0.717) is 5.56 Å². The molecular formula is C21H32BrN4O2P. The zero-order valence-corrected chi connectivity index (χ0v) is 20.5. The van der Waals surface area contributed by atoms with Gasteiger partial charge in [0.1, 0.15) is 0 Å². The molecule has 0 saturated heterocycles. The first-order chi connectivity index (χ1) is 13.6. The number of aromatic nitrogens is 1. The number of nitrogens with one attached hydrogen (secondary N) is 3. The lowest BCUT2D eigenvalue weighted by Crippen LogP contribution is -2.41. The molecular weight excluding hydrogens is 451 g/mol. The summed E-state index contributed by atoms with van der Waals surface area (Å²) in [6.07, 6.45) is 1.61. The Bertz CT molecular complexity index is 879. The lowest BCUT2D eigenvalue weighted by atomic mass is 10.2. The van der Waals surface area contributed by atoms with E-state index in [1.807, 2.05) is 76.4 Å². The second-order valence-corrected chi connectivity index (χ2v) is 10.4. The zero-order chi connectivity index (χ0) is 21.8. The van der Waals surface area contributed by atoms with E-state index < -0.39 is 7.59 Å². The molecule has 2 aromatic rings. The Morgan fingerprint density at radius 3 is 2.07 bits per heavy atom. The van der Waals surface area contributed by atoms with Gasteiger partial charge in [0.2, 0.25) is 0 Å². The van der Waals surface area contributed by atoms with Gasteiger partial charge in [0.25, 0.3) is 5.91 Å². The van der Waals surface area contributed by atoms with Crippen LogP contribution in [-0.4, -0.2) is 22.6 Å². The van der Waals surface area contributed by atoms with Gasteiger partial charge in [-0.3, -0.25) is 14.4 Å². The Balaban J connectivity index is 2.33. The van der Waals surface area contributed by atoms with E-state index in [-0.39, 0.29) is 18.0 Å². The first kappa shape index (κ1) is 23.9. The molecule has 8 heteroatoms. The van der Waals surface area contributed by atoms with Crippen molar-refractivity contribution in [2.45, 2.75) is 66.5 Å². The molecule has 0 saturated carbocycles. The lowest BCUT2D eigenvalue weighted by Gasteiger charge is -2.27. The third-order valence-corrected chi connectivity index (χ3v) is 7.70. The summed E-state index contributed by atoms with van der Waals surface area (Å²) in [6, 6.07) is 9.77. The normalized spacial score (nSPS) is 15.6. The Morgan fingerprint density at radius 1 is 1.07 bits per heavy atom. The molecule has 2 rings (SSSR count). The third-order valence-electron chi connectivity index (χ3n) is 5.05. The SMILES string of the molecule is CCC(C)NP(=O)(NC(=O)c1cc(C)n(-c2ccc(Br)cc2)c1C)NC(C)CC. The standard InChI is InChI=1S/C21H32BrN4O2P/c1-7-14(3)23-29(28,24-15(4)8-2)25-21(27)20-13-16(5)26(17(20)6)19-11-9-18(22)10-12-19/h9-15H,7-8H2,1-6H3,(H3,23,24,25,27,28). The van der Waals surface area contributed by atoms with Crippen LogP contribution < -0.4 is 15.3 Å². The highest BCUT2D eigenvalue weighted by Crippen LogP contribution is 2.34. The minimum atomic E-state index is -3.31. The van der Waals surface area contributed by atoms with Gasteiger partial charge in [-0.05, 0) is 70.9 Å². The number of halogens is 1. The van der Waals surface area contributed by atoms with Crippen LogP contribution in [0.15, 0.2) is 34.8 Å². The molecule has 0 fully saturated rings. The minimum Gasteiger partial charge on any atom is -0.318 e. The highest BCUT2D eigenvalue weighted by molar-refractivity contribution is 9.10. The van der Waals surface area contributed by atoms with E-state index in [9.17, 15) is 9.36 Å². The fourth-order valence-corrected chi connectivity index (χ4v) is 5.57. The van der Waals surface area contributed by atoms with E-state index in [0.717, 1.165) is 34.4 Å². The fourth-order valence-electron chi connectivity index (χ4n) is 3.09. The Morgan fingerprint density at radius 2 is 1.59 bits per heavy atom. The van der Waals surface area contributed by atoms with E-state index in [1.54, 1.807) is 0 Å². The maximum Gasteiger partial charge on any atom is 0.306 e. The molecule has 6 nitrogen and oxygen atoms in total. The summed E-state index contributed by atoms with van der Waals surface area (Å²) in [7, 11) is -3.31. The number of hydrogen-bond acceptors (Lipinski definition) is 2. The maximum absolute atomic E-state index is 13.5. The third kappa shape index (κ3) is 6.05. The van der Waals surface area contributed by atoms with E-state index >= 15 is 0 Å².